The largest absolute Gasteiger partial charge is 0.381 e. The maximum atomic E-state index is 14.7. The lowest BCUT2D eigenvalue weighted by molar-refractivity contribution is 0.0694. The van der Waals surface area contributed by atoms with E-state index in [1.54, 1.807) is 24.5 Å². The molecule has 1 N–H and O–H groups in total. The fourth-order valence-electron chi connectivity index (χ4n) is 3.51. The fourth-order valence-corrected chi connectivity index (χ4v) is 4.19. The number of imidazole rings is 1. The summed E-state index contributed by atoms with van der Waals surface area (Å²) in [7, 11) is -1.12. The van der Waals surface area contributed by atoms with Gasteiger partial charge in [-0.1, -0.05) is 6.92 Å². The molecule has 4 rings (SSSR count). The van der Waals surface area contributed by atoms with Crippen LogP contribution in [-0.4, -0.2) is 47.7 Å². The van der Waals surface area contributed by atoms with E-state index in [1.807, 2.05) is 18.4 Å². The summed E-state index contributed by atoms with van der Waals surface area (Å²) in [6.45, 7) is 5.09. The summed E-state index contributed by atoms with van der Waals surface area (Å²) in [5.41, 5.74) is 1.43. The number of aromatic nitrogens is 5. The van der Waals surface area contributed by atoms with Crippen molar-refractivity contribution in [2.75, 3.05) is 24.3 Å². The van der Waals surface area contributed by atoms with Gasteiger partial charge in [0.15, 0.2) is 5.82 Å². The molecule has 0 spiro atoms. The van der Waals surface area contributed by atoms with Gasteiger partial charge in [0.2, 0.25) is 5.95 Å². The molecule has 1 aliphatic rings. The van der Waals surface area contributed by atoms with E-state index >= 15 is 0 Å². The molecule has 1 fully saturated rings. The molecule has 1 atom stereocenters. The Bertz CT molecular complexity index is 1050. The van der Waals surface area contributed by atoms with Gasteiger partial charge in [0.25, 0.3) is 0 Å². The summed E-state index contributed by atoms with van der Waals surface area (Å²) in [6, 6.07) is 3.63. The van der Waals surface area contributed by atoms with Crippen LogP contribution < -0.4 is 5.32 Å². The molecule has 0 amide bonds. The lowest BCUT2D eigenvalue weighted by atomic mass is 10.1. The highest BCUT2D eigenvalue weighted by Crippen LogP contribution is 2.31. The Morgan fingerprint density at radius 2 is 2.00 bits per heavy atom. The molecule has 1 unspecified atom stereocenters. The molecule has 4 heterocycles. The van der Waals surface area contributed by atoms with Crippen LogP contribution in [0.5, 0.6) is 0 Å². The number of nitrogens with one attached hydrogen (secondary N) is 1. The quantitative estimate of drug-likeness (QED) is 0.640. The molecule has 8 nitrogen and oxygen atoms in total. The van der Waals surface area contributed by atoms with Crippen molar-refractivity contribution in [3.05, 3.63) is 42.4 Å². The lowest BCUT2D eigenvalue weighted by Crippen LogP contribution is -2.21. The van der Waals surface area contributed by atoms with E-state index in [0.29, 0.717) is 35.4 Å². The average Bonchev–Trinajstić information content (AvgIpc) is 3.16. The SMILES string of the molecule is CCS(=O)c1ccc(Nc2ncc(F)c(-c3cnc(C)n3C3CCOCC3)n2)cn1. The second kappa shape index (κ2) is 8.97. The topological polar surface area (TPSA) is 94.8 Å². The highest BCUT2D eigenvalue weighted by Gasteiger charge is 2.23. The molecule has 0 saturated carbocycles. The molecule has 3 aromatic rings. The Kier molecular flexibility index (Phi) is 6.14. The summed E-state index contributed by atoms with van der Waals surface area (Å²) in [4.78, 5) is 17.0. The summed E-state index contributed by atoms with van der Waals surface area (Å²) in [5.74, 6) is 1.05. The van der Waals surface area contributed by atoms with Crippen molar-refractivity contribution in [2.45, 2.75) is 37.8 Å². The summed E-state index contributed by atoms with van der Waals surface area (Å²) in [5, 5.41) is 3.54. The zero-order valence-electron chi connectivity index (χ0n) is 16.8. The molecule has 0 radical (unpaired) electrons. The second-order valence-electron chi connectivity index (χ2n) is 6.94. The maximum absolute atomic E-state index is 14.7. The molecular weight excluding hydrogens is 407 g/mol. The van der Waals surface area contributed by atoms with Crippen molar-refractivity contribution >= 4 is 22.4 Å². The summed E-state index contributed by atoms with van der Waals surface area (Å²) >= 11 is 0. The molecule has 10 heteroatoms. The highest BCUT2D eigenvalue weighted by atomic mass is 32.2. The molecule has 0 aromatic carbocycles. The van der Waals surface area contributed by atoms with Crippen LogP contribution in [0.15, 0.2) is 35.7 Å². The minimum atomic E-state index is -1.12. The Hall–Kier alpha value is -2.72. The first-order valence-corrected chi connectivity index (χ1v) is 11.1. The number of rotatable bonds is 6. The third-order valence-corrected chi connectivity index (χ3v) is 6.24. The summed E-state index contributed by atoms with van der Waals surface area (Å²) < 4.78 is 34.0. The van der Waals surface area contributed by atoms with E-state index in [1.165, 1.54) is 0 Å². The number of halogens is 1. The normalized spacial score (nSPS) is 15.8. The monoisotopic (exact) mass is 430 g/mol. The van der Waals surface area contributed by atoms with E-state index in [0.717, 1.165) is 24.9 Å². The average molecular weight is 431 g/mol. The van der Waals surface area contributed by atoms with Crippen LogP contribution in [0, 0.1) is 12.7 Å². The number of aryl methyl sites for hydroxylation is 1. The van der Waals surface area contributed by atoms with E-state index in [-0.39, 0.29) is 17.7 Å². The standard InChI is InChI=1S/C20H23FN6O2S/c1-3-30(28)18-5-4-14(10-23-18)25-20-24-11-16(21)19(26-20)17-12-22-13(2)27(17)15-6-8-29-9-7-15/h4-5,10-12,15H,3,6-9H2,1-2H3,(H,24,25,26). The van der Waals surface area contributed by atoms with Crippen molar-refractivity contribution in [3.63, 3.8) is 0 Å². The van der Waals surface area contributed by atoms with Gasteiger partial charge >= 0.3 is 0 Å². The zero-order chi connectivity index (χ0) is 21.1. The van der Waals surface area contributed by atoms with Gasteiger partial charge in [0, 0.05) is 25.0 Å². The van der Waals surface area contributed by atoms with Crippen molar-refractivity contribution < 1.29 is 13.3 Å². The minimum Gasteiger partial charge on any atom is -0.381 e. The number of hydrogen-bond donors (Lipinski definition) is 1. The van der Waals surface area contributed by atoms with Crippen molar-refractivity contribution in [3.8, 4) is 11.4 Å². The van der Waals surface area contributed by atoms with Crippen molar-refractivity contribution in [2.24, 2.45) is 0 Å². The Morgan fingerprint density at radius 1 is 1.20 bits per heavy atom. The third-order valence-electron chi connectivity index (χ3n) is 5.01. The first kappa shape index (κ1) is 20.5. The number of pyridine rings is 1. The van der Waals surface area contributed by atoms with E-state index < -0.39 is 16.6 Å². The van der Waals surface area contributed by atoms with Crippen LogP contribution >= 0.6 is 0 Å². The van der Waals surface area contributed by atoms with Gasteiger partial charge < -0.3 is 14.6 Å². The molecule has 158 valence electrons. The number of hydrogen-bond acceptors (Lipinski definition) is 7. The second-order valence-corrected chi connectivity index (χ2v) is 8.63. The third kappa shape index (κ3) is 4.24. The van der Waals surface area contributed by atoms with Crippen molar-refractivity contribution in [1.29, 1.82) is 0 Å². The van der Waals surface area contributed by atoms with Crippen LogP contribution in [0.2, 0.25) is 0 Å². The maximum Gasteiger partial charge on any atom is 0.228 e. The van der Waals surface area contributed by atoms with E-state index in [2.05, 4.69) is 25.3 Å². The van der Waals surface area contributed by atoms with Gasteiger partial charge in [-0.2, -0.15) is 0 Å². The Balaban J connectivity index is 1.62. The van der Waals surface area contributed by atoms with Crippen LogP contribution in [0.25, 0.3) is 11.4 Å². The summed E-state index contributed by atoms with van der Waals surface area (Å²) in [6.07, 6.45) is 6.05. The minimum absolute atomic E-state index is 0.191. The van der Waals surface area contributed by atoms with Crippen LogP contribution in [0.4, 0.5) is 16.0 Å². The van der Waals surface area contributed by atoms with Crippen LogP contribution in [-0.2, 0) is 15.5 Å². The van der Waals surface area contributed by atoms with Crippen molar-refractivity contribution in [1.82, 2.24) is 24.5 Å². The molecular formula is C20H23FN6O2S. The van der Waals surface area contributed by atoms with Gasteiger partial charge in [0.1, 0.15) is 16.5 Å². The lowest BCUT2D eigenvalue weighted by Gasteiger charge is -2.26. The number of nitrogens with zero attached hydrogens (tertiary/aromatic N) is 5. The van der Waals surface area contributed by atoms with Gasteiger partial charge in [-0.05, 0) is 31.9 Å². The predicted octanol–water partition coefficient (Wildman–Crippen LogP) is 3.41. The smallest absolute Gasteiger partial charge is 0.228 e. The van der Waals surface area contributed by atoms with Gasteiger partial charge in [-0.15, -0.1) is 0 Å². The first-order valence-electron chi connectivity index (χ1n) is 9.82. The van der Waals surface area contributed by atoms with Gasteiger partial charge in [-0.3, -0.25) is 4.21 Å². The molecule has 30 heavy (non-hydrogen) atoms. The van der Waals surface area contributed by atoms with Crippen LogP contribution in [0.1, 0.15) is 31.6 Å². The predicted molar refractivity (Wildman–Crippen MR) is 112 cm³/mol. The van der Waals surface area contributed by atoms with E-state index in [9.17, 15) is 8.60 Å². The van der Waals surface area contributed by atoms with Gasteiger partial charge in [-0.25, -0.2) is 24.3 Å². The first-order chi connectivity index (χ1) is 14.6. The molecule has 3 aromatic heterocycles. The molecule has 0 bridgehead atoms. The Labute approximate surface area is 176 Å². The van der Waals surface area contributed by atoms with E-state index in [4.69, 9.17) is 4.74 Å². The molecule has 1 saturated heterocycles. The molecule has 1 aliphatic heterocycles. The highest BCUT2D eigenvalue weighted by molar-refractivity contribution is 7.84. The Morgan fingerprint density at radius 3 is 2.70 bits per heavy atom. The fraction of sp³-hybridized carbons (Fsp3) is 0.400. The number of anilines is 2. The van der Waals surface area contributed by atoms with Crippen LogP contribution in [0.3, 0.4) is 0 Å². The number of ether oxygens (including phenoxy) is 1. The van der Waals surface area contributed by atoms with Gasteiger partial charge in [0.05, 0.1) is 40.8 Å². The zero-order valence-corrected chi connectivity index (χ0v) is 17.7. The molecule has 0 aliphatic carbocycles.